The van der Waals surface area contributed by atoms with Gasteiger partial charge in [-0.15, -0.1) is 11.8 Å². The number of allylic oxidation sites excluding steroid dienone is 2. The van der Waals surface area contributed by atoms with E-state index in [0.29, 0.717) is 18.7 Å². The smallest absolute Gasteiger partial charge is 0.313 e. The molecule has 4 nitrogen and oxygen atoms in total. The summed E-state index contributed by atoms with van der Waals surface area (Å²) in [6, 6.07) is 0. The van der Waals surface area contributed by atoms with Gasteiger partial charge in [-0.25, -0.2) is 0 Å². The largest absolute Gasteiger partial charge is 0.489 e. The Labute approximate surface area is 80.0 Å². The van der Waals surface area contributed by atoms with Crippen molar-refractivity contribution in [1.82, 2.24) is 0 Å². The van der Waals surface area contributed by atoms with Crippen LogP contribution < -0.4 is 0 Å². The van der Waals surface area contributed by atoms with E-state index in [9.17, 15) is 9.59 Å². The SMILES string of the molecule is O=CC1=C(SCC(=O)O)CCCO1. The molecule has 0 bridgehead atoms. The molecule has 0 fully saturated rings. The highest BCUT2D eigenvalue weighted by Crippen LogP contribution is 2.28. The molecule has 1 heterocycles. The van der Waals surface area contributed by atoms with Crippen molar-refractivity contribution in [3.63, 3.8) is 0 Å². The topological polar surface area (TPSA) is 63.6 Å². The molecule has 0 saturated carbocycles. The molecule has 0 saturated heterocycles. The van der Waals surface area contributed by atoms with Gasteiger partial charge in [-0.2, -0.15) is 0 Å². The number of hydrogen-bond acceptors (Lipinski definition) is 4. The van der Waals surface area contributed by atoms with E-state index in [2.05, 4.69) is 0 Å². The number of aliphatic carboxylic acids is 1. The lowest BCUT2D eigenvalue weighted by Gasteiger charge is -2.16. The molecule has 0 aromatic carbocycles. The van der Waals surface area contributed by atoms with Crippen molar-refractivity contribution >= 4 is 24.0 Å². The summed E-state index contributed by atoms with van der Waals surface area (Å²) in [7, 11) is 0. The fourth-order valence-corrected chi connectivity index (χ4v) is 1.85. The van der Waals surface area contributed by atoms with Gasteiger partial charge in [-0.1, -0.05) is 0 Å². The Hall–Kier alpha value is -0.970. The maximum absolute atomic E-state index is 10.5. The Morgan fingerprint density at radius 2 is 2.46 bits per heavy atom. The molecule has 1 N–H and O–H groups in total. The third kappa shape index (κ3) is 3.10. The summed E-state index contributed by atoms with van der Waals surface area (Å²) in [4.78, 5) is 21.5. The predicted molar refractivity (Wildman–Crippen MR) is 48.4 cm³/mol. The summed E-state index contributed by atoms with van der Waals surface area (Å²) in [6.07, 6.45) is 2.23. The highest BCUT2D eigenvalue weighted by molar-refractivity contribution is 8.03. The average Bonchev–Trinajstić information content (AvgIpc) is 2.15. The number of carboxylic acid groups (broad SMARTS) is 1. The number of carbonyl (C=O) groups excluding carboxylic acids is 1. The molecular weight excluding hydrogens is 192 g/mol. The zero-order valence-electron chi connectivity index (χ0n) is 6.99. The van der Waals surface area contributed by atoms with Crippen LogP contribution in [0.25, 0.3) is 0 Å². The lowest BCUT2D eigenvalue weighted by Crippen LogP contribution is -2.08. The first-order valence-electron chi connectivity index (χ1n) is 3.89. The van der Waals surface area contributed by atoms with Crippen LogP contribution in [0.4, 0.5) is 0 Å². The van der Waals surface area contributed by atoms with E-state index < -0.39 is 5.97 Å². The predicted octanol–water partition coefficient (Wildman–Crippen LogP) is 1.03. The summed E-state index contributed by atoms with van der Waals surface area (Å²) in [6.45, 7) is 0.547. The van der Waals surface area contributed by atoms with E-state index in [-0.39, 0.29) is 5.75 Å². The van der Waals surface area contributed by atoms with Crippen LogP contribution in [0.2, 0.25) is 0 Å². The van der Waals surface area contributed by atoms with E-state index in [1.54, 1.807) is 0 Å². The Kier molecular flexibility index (Phi) is 3.82. The normalized spacial score (nSPS) is 16.6. The number of rotatable bonds is 4. The van der Waals surface area contributed by atoms with Gasteiger partial charge < -0.3 is 9.84 Å². The average molecular weight is 202 g/mol. The second-order valence-corrected chi connectivity index (χ2v) is 3.61. The van der Waals surface area contributed by atoms with Gasteiger partial charge in [0.25, 0.3) is 0 Å². The molecule has 72 valence electrons. The fraction of sp³-hybridized carbons (Fsp3) is 0.500. The Bertz CT molecular complexity index is 247. The van der Waals surface area contributed by atoms with Gasteiger partial charge in [0.05, 0.1) is 12.4 Å². The third-order valence-corrected chi connectivity index (χ3v) is 2.70. The van der Waals surface area contributed by atoms with Crippen LogP contribution in [0.3, 0.4) is 0 Å². The standard InChI is InChI=1S/C8H10O4S/c9-4-6-7(2-1-3-12-6)13-5-8(10)11/h4H,1-3,5H2,(H,10,11). The van der Waals surface area contributed by atoms with E-state index in [1.165, 1.54) is 0 Å². The minimum Gasteiger partial charge on any atom is -0.489 e. The molecule has 0 atom stereocenters. The van der Waals surface area contributed by atoms with Crippen molar-refractivity contribution in [2.45, 2.75) is 12.8 Å². The first-order chi connectivity index (χ1) is 6.24. The zero-order valence-corrected chi connectivity index (χ0v) is 7.80. The second kappa shape index (κ2) is 4.91. The summed E-state index contributed by atoms with van der Waals surface area (Å²) in [5.74, 6) is -0.596. The molecule has 13 heavy (non-hydrogen) atoms. The van der Waals surface area contributed by atoms with Gasteiger partial charge in [0.15, 0.2) is 12.0 Å². The molecule has 0 aromatic rings. The minimum absolute atomic E-state index is 0.0178. The van der Waals surface area contributed by atoms with Crippen molar-refractivity contribution < 1.29 is 19.4 Å². The van der Waals surface area contributed by atoms with E-state index in [4.69, 9.17) is 9.84 Å². The van der Waals surface area contributed by atoms with Crippen molar-refractivity contribution in [3.8, 4) is 0 Å². The first kappa shape index (κ1) is 10.1. The lowest BCUT2D eigenvalue weighted by molar-refractivity contribution is -0.133. The quantitative estimate of drug-likeness (QED) is 0.690. The van der Waals surface area contributed by atoms with Crippen LogP contribution in [0.5, 0.6) is 0 Å². The summed E-state index contributed by atoms with van der Waals surface area (Å²) in [5.41, 5.74) is 0. The molecule has 0 radical (unpaired) electrons. The number of carboxylic acids is 1. The lowest BCUT2D eigenvalue weighted by atomic mass is 10.2. The third-order valence-electron chi connectivity index (χ3n) is 1.56. The summed E-state index contributed by atoms with van der Waals surface area (Å²) < 4.78 is 5.07. The first-order valence-corrected chi connectivity index (χ1v) is 4.88. The minimum atomic E-state index is -0.881. The highest BCUT2D eigenvalue weighted by Gasteiger charge is 2.14. The van der Waals surface area contributed by atoms with Crippen LogP contribution in [-0.4, -0.2) is 29.7 Å². The van der Waals surface area contributed by atoms with Crippen LogP contribution in [0.1, 0.15) is 12.8 Å². The zero-order chi connectivity index (χ0) is 9.68. The maximum Gasteiger partial charge on any atom is 0.313 e. The number of aldehydes is 1. The summed E-state index contributed by atoms with van der Waals surface area (Å²) in [5, 5.41) is 8.43. The van der Waals surface area contributed by atoms with Gasteiger partial charge >= 0.3 is 5.97 Å². The molecule has 1 aliphatic rings. The molecule has 0 unspecified atom stereocenters. The molecule has 1 aliphatic heterocycles. The van der Waals surface area contributed by atoms with Gasteiger partial charge in [0.1, 0.15) is 0 Å². The Morgan fingerprint density at radius 1 is 1.69 bits per heavy atom. The monoisotopic (exact) mass is 202 g/mol. The molecule has 0 aliphatic carbocycles. The molecule has 0 amide bonds. The van der Waals surface area contributed by atoms with Crippen LogP contribution in [0, 0.1) is 0 Å². The molecule has 0 aromatic heterocycles. The van der Waals surface area contributed by atoms with Crippen molar-refractivity contribution in [2.75, 3.05) is 12.4 Å². The van der Waals surface area contributed by atoms with Crippen LogP contribution in [0.15, 0.2) is 10.7 Å². The van der Waals surface area contributed by atoms with Crippen molar-refractivity contribution in [3.05, 3.63) is 10.7 Å². The maximum atomic E-state index is 10.5. The van der Waals surface area contributed by atoms with Crippen molar-refractivity contribution in [1.29, 1.82) is 0 Å². The molecule has 1 rings (SSSR count). The highest BCUT2D eigenvalue weighted by atomic mass is 32.2. The van der Waals surface area contributed by atoms with Crippen LogP contribution in [-0.2, 0) is 14.3 Å². The van der Waals surface area contributed by atoms with E-state index >= 15 is 0 Å². The van der Waals surface area contributed by atoms with Gasteiger partial charge in [0, 0.05) is 4.91 Å². The molecular formula is C8H10O4S. The number of thioether (sulfide) groups is 1. The second-order valence-electron chi connectivity index (χ2n) is 2.54. The van der Waals surface area contributed by atoms with E-state index in [0.717, 1.165) is 29.5 Å². The number of carbonyl (C=O) groups is 2. The summed E-state index contributed by atoms with van der Waals surface area (Å²) >= 11 is 1.16. The Balaban J connectivity index is 2.57. The van der Waals surface area contributed by atoms with Crippen LogP contribution >= 0.6 is 11.8 Å². The molecule has 0 spiro atoms. The van der Waals surface area contributed by atoms with Gasteiger partial charge in [0.2, 0.25) is 0 Å². The van der Waals surface area contributed by atoms with E-state index in [1.807, 2.05) is 0 Å². The molecule has 5 heteroatoms. The van der Waals surface area contributed by atoms with Gasteiger partial charge in [-0.05, 0) is 12.8 Å². The Morgan fingerprint density at radius 3 is 3.08 bits per heavy atom. The number of hydrogen-bond donors (Lipinski definition) is 1. The fourth-order valence-electron chi connectivity index (χ4n) is 1.01. The number of ether oxygens (including phenoxy) is 1. The van der Waals surface area contributed by atoms with Gasteiger partial charge in [-0.3, -0.25) is 9.59 Å². The van der Waals surface area contributed by atoms with Crippen molar-refractivity contribution in [2.24, 2.45) is 0 Å².